The van der Waals surface area contributed by atoms with Gasteiger partial charge in [0.05, 0.1) is 39.4 Å². The van der Waals surface area contributed by atoms with Gasteiger partial charge in [-0.05, 0) is 0 Å². The number of imidazole rings is 1. The van der Waals surface area contributed by atoms with Gasteiger partial charge in [0.25, 0.3) is 0 Å². The van der Waals surface area contributed by atoms with Crippen LogP contribution in [-0.4, -0.2) is 67.8 Å². The third kappa shape index (κ3) is 4.41. The monoisotopic (exact) mass is 373 g/mol. The Balaban J connectivity index is 1.57. The van der Waals surface area contributed by atoms with Crippen LogP contribution < -0.4 is 0 Å². The molecule has 144 valence electrons. The van der Waals surface area contributed by atoms with Gasteiger partial charge in [0, 0.05) is 25.3 Å². The summed E-state index contributed by atoms with van der Waals surface area (Å²) in [5.74, 6) is -0.0589. The van der Waals surface area contributed by atoms with Crippen molar-refractivity contribution in [3.8, 4) is 0 Å². The van der Waals surface area contributed by atoms with Crippen LogP contribution in [0.1, 0.15) is 27.3 Å². The smallest absolute Gasteiger partial charge is 0.212 e. The van der Waals surface area contributed by atoms with Crippen LogP contribution in [0, 0.1) is 0 Å². The second kappa shape index (κ2) is 9.40. The number of nitrogens with zero attached hydrogens (tertiary/aromatic N) is 3. The summed E-state index contributed by atoms with van der Waals surface area (Å²) in [6, 6.07) is 7.33. The number of rotatable bonds is 10. The molecule has 1 aliphatic carbocycles. The van der Waals surface area contributed by atoms with Crippen LogP contribution >= 0.6 is 0 Å². The number of carbonyl (C=O) groups excluding carboxylic acids is 1. The molecule has 1 heterocycles. The highest BCUT2D eigenvalue weighted by atomic mass is 16.6. The third-order valence-corrected chi connectivity index (χ3v) is 4.08. The third-order valence-electron chi connectivity index (χ3n) is 4.08. The van der Waals surface area contributed by atoms with Crippen molar-refractivity contribution in [2.75, 3.05) is 46.8 Å². The summed E-state index contributed by atoms with van der Waals surface area (Å²) in [5.41, 5.74) is 2.93. The summed E-state index contributed by atoms with van der Waals surface area (Å²) in [4.78, 5) is 22.4. The van der Waals surface area contributed by atoms with E-state index in [9.17, 15) is 4.79 Å². The molecule has 0 atom stereocenters. The molecule has 8 heteroatoms. The lowest BCUT2D eigenvalue weighted by Gasteiger charge is -2.17. The lowest BCUT2D eigenvalue weighted by Crippen LogP contribution is -2.23. The van der Waals surface area contributed by atoms with Crippen LogP contribution in [0.2, 0.25) is 0 Å². The first-order valence-corrected chi connectivity index (χ1v) is 8.74. The Hall–Kier alpha value is -2.55. The zero-order valence-electron chi connectivity index (χ0n) is 15.5. The van der Waals surface area contributed by atoms with Crippen molar-refractivity contribution in [3.05, 3.63) is 53.1 Å². The van der Waals surface area contributed by atoms with Gasteiger partial charge in [-0.3, -0.25) is 4.79 Å². The highest BCUT2D eigenvalue weighted by Gasteiger charge is 2.32. The molecule has 0 aliphatic heterocycles. The normalized spacial score (nSPS) is 14.3. The first-order valence-electron chi connectivity index (χ1n) is 8.74. The van der Waals surface area contributed by atoms with E-state index in [1.807, 2.05) is 18.2 Å². The van der Waals surface area contributed by atoms with Gasteiger partial charge in [0.2, 0.25) is 5.78 Å². The summed E-state index contributed by atoms with van der Waals surface area (Å²) in [6.45, 7) is 2.78. The number of aryl methyl sites for hydroxylation is 1. The Bertz CT molecular complexity index is 815. The average Bonchev–Trinajstić information content (AvgIpc) is 3.07. The minimum atomic E-state index is -0.0589. The average molecular weight is 373 g/mol. The molecule has 27 heavy (non-hydrogen) atoms. The topological polar surface area (TPSA) is 84.2 Å². The fraction of sp³-hybridized carbons (Fsp3) is 0.421. The second-order valence-corrected chi connectivity index (χ2v) is 5.92. The van der Waals surface area contributed by atoms with E-state index in [-0.39, 0.29) is 5.78 Å². The number of carbonyl (C=O) groups is 1. The molecule has 0 N–H and O–H groups in total. The Morgan fingerprint density at radius 3 is 2.41 bits per heavy atom. The zero-order valence-corrected chi connectivity index (χ0v) is 15.5. The number of hydrogen-bond donors (Lipinski definition) is 0. The van der Waals surface area contributed by atoms with Crippen LogP contribution in [0.15, 0.2) is 35.7 Å². The van der Waals surface area contributed by atoms with Gasteiger partial charge in [-0.15, -0.1) is 0 Å². The maximum absolute atomic E-state index is 12.7. The molecule has 0 unspecified atom stereocenters. The van der Waals surface area contributed by atoms with Crippen LogP contribution in [-0.2, 0) is 26.1 Å². The van der Waals surface area contributed by atoms with Crippen molar-refractivity contribution in [2.24, 2.45) is 12.2 Å². The predicted molar refractivity (Wildman–Crippen MR) is 98.2 cm³/mol. The lowest BCUT2D eigenvalue weighted by molar-refractivity contribution is 0.00453. The van der Waals surface area contributed by atoms with E-state index in [2.05, 4.69) is 10.1 Å². The fourth-order valence-corrected chi connectivity index (χ4v) is 2.78. The first kappa shape index (κ1) is 19.2. The second-order valence-electron chi connectivity index (χ2n) is 5.92. The molecule has 3 rings (SSSR count). The van der Waals surface area contributed by atoms with Gasteiger partial charge in [0.15, 0.2) is 0 Å². The van der Waals surface area contributed by atoms with Crippen molar-refractivity contribution < 1.29 is 23.8 Å². The van der Waals surface area contributed by atoms with Crippen LogP contribution in [0.25, 0.3) is 0 Å². The van der Waals surface area contributed by atoms with Gasteiger partial charge < -0.3 is 23.6 Å². The van der Waals surface area contributed by atoms with Crippen LogP contribution in [0.5, 0.6) is 0 Å². The molecule has 0 spiro atoms. The van der Waals surface area contributed by atoms with Gasteiger partial charge in [-0.25, -0.2) is 4.98 Å². The Morgan fingerprint density at radius 2 is 1.67 bits per heavy atom. The number of benzene rings is 1. The number of hydrogen-bond acceptors (Lipinski definition) is 7. The standard InChI is InChI=1S/C19H23N3O5/c1-22-13-20-17-16(14-5-3-4-6-15(14)19(23)18(17)22)21-27-12-11-26-10-9-25-8-7-24-2/h3-6,13H,7-12H2,1-2H3/b21-16+. The van der Waals surface area contributed by atoms with Gasteiger partial charge in [-0.1, -0.05) is 29.4 Å². The molecule has 0 fully saturated rings. The summed E-state index contributed by atoms with van der Waals surface area (Å²) < 4.78 is 17.3. The van der Waals surface area contributed by atoms with Crippen LogP contribution in [0.3, 0.4) is 0 Å². The van der Waals surface area contributed by atoms with Gasteiger partial charge in [-0.2, -0.15) is 0 Å². The van der Waals surface area contributed by atoms with Crippen LogP contribution in [0.4, 0.5) is 0 Å². The highest BCUT2D eigenvalue weighted by molar-refractivity contribution is 6.28. The summed E-state index contributed by atoms with van der Waals surface area (Å²) in [6.07, 6.45) is 1.61. The number of oxime groups is 1. The molecule has 1 aliphatic rings. The van der Waals surface area contributed by atoms with Crippen molar-refractivity contribution >= 4 is 11.5 Å². The Kier molecular flexibility index (Phi) is 6.69. The molecule has 0 saturated heterocycles. The van der Waals surface area contributed by atoms with E-state index < -0.39 is 0 Å². The van der Waals surface area contributed by atoms with E-state index in [0.717, 1.165) is 5.56 Å². The molecule has 1 aromatic carbocycles. The Labute approximate surface area is 157 Å². The molecule has 0 amide bonds. The fourth-order valence-electron chi connectivity index (χ4n) is 2.78. The van der Waals surface area contributed by atoms with Gasteiger partial charge >= 0.3 is 0 Å². The summed E-state index contributed by atoms with van der Waals surface area (Å²) in [5, 5.41) is 4.23. The maximum atomic E-state index is 12.7. The number of aromatic nitrogens is 2. The number of ether oxygens (including phenoxy) is 3. The van der Waals surface area contributed by atoms with Crippen molar-refractivity contribution in [3.63, 3.8) is 0 Å². The van der Waals surface area contributed by atoms with Crippen molar-refractivity contribution in [1.29, 1.82) is 0 Å². The predicted octanol–water partition coefficient (Wildman–Crippen LogP) is 1.41. The molecule has 2 aromatic rings. The minimum absolute atomic E-state index is 0.0589. The van der Waals surface area contributed by atoms with E-state index in [1.165, 1.54) is 0 Å². The quantitative estimate of drug-likeness (QED) is 0.395. The van der Waals surface area contributed by atoms with E-state index >= 15 is 0 Å². The summed E-state index contributed by atoms with van der Waals surface area (Å²) in [7, 11) is 3.42. The number of fused-ring (bicyclic) bond motifs is 2. The van der Waals surface area contributed by atoms with E-state index in [1.54, 1.807) is 31.1 Å². The molecule has 0 bridgehead atoms. The maximum Gasteiger partial charge on any atom is 0.212 e. The molecule has 1 aromatic heterocycles. The first-order chi connectivity index (χ1) is 13.2. The summed E-state index contributed by atoms with van der Waals surface area (Å²) >= 11 is 0. The lowest BCUT2D eigenvalue weighted by atomic mass is 9.89. The molecular weight excluding hydrogens is 350 g/mol. The SMILES string of the molecule is COCCOCCOCCO/N=C1\c2ccccc2C(=O)c2c1ncn2C. The van der Waals surface area contributed by atoms with Crippen molar-refractivity contribution in [2.45, 2.75) is 0 Å². The zero-order chi connectivity index (χ0) is 19.1. The highest BCUT2D eigenvalue weighted by Crippen LogP contribution is 2.26. The largest absolute Gasteiger partial charge is 0.393 e. The van der Waals surface area contributed by atoms with Crippen molar-refractivity contribution in [1.82, 2.24) is 9.55 Å². The van der Waals surface area contributed by atoms with E-state index in [4.69, 9.17) is 19.0 Å². The molecule has 0 saturated carbocycles. The minimum Gasteiger partial charge on any atom is -0.393 e. The molecule has 0 radical (unpaired) electrons. The number of ketones is 1. The molecule has 8 nitrogen and oxygen atoms in total. The van der Waals surface area contributed by atoms with Gasteiger partial charge in [0.1, 0.15) is 23.7 Å². The number of methoxy groups -OCH3 is 1. The Morgan fingerprint density at radius 1 is 1.00 bits per heavy atom. The van der Waals surface area contributed by atoms with E-state index in [0.29, 0.717) is 62.3 Å². The molecular formula is C19H23N3O5.